The van der Waals surface area contributed by atoms with Crippen LogP contribution in [-0.4, -0.2) is 34.1 Å². The number of aliphatic hydroxyl groups excluding tert-OH is 1. The van der Waals surface area contributed by atoms with E-state index in [9.17, 15) is 9.90 Å². The summed E-state index contributed by atoms with van der Waals surface area (Å²) in [5.41, 5.74) is -0.426. The molecule has 0 aromatic carbocycles. The standard InChI is InChI=1S/C14H21NO2S/c1-14(2)12(16)6-3-9-15(14)13(17)8-7-11-5-4-10-18-11/h4-5,10,12,16H,3,6-9H2,1-2H3. The van der Waals surface area contributed by atoms with Crippen molar-refractivity contribution in [1.29, 1.82) is 0 Å². The topological polar surface area (TPSA) is 40.5 Å². The molecule has 3 nitrogen and oxygen atoms in total. The third kappa shape index (κ3) is 2.75. The van der Waals surface area contributed by atoms with Gasteiger partial charge in [-0.3, -0.25) is 4.79 Å². The van der Waals surface area contributed by atoms with Crippen LogP contribution in [0.15, 0.2) is 17.5 Å². The molecule has 0 radical (unpaired) electrons. The summed E-state index contributed by atoms with van der Waals surface area (Å²) in [6.07, 6.45) is 2.63. The van der Waals surface area contributed by atoms with Crippen LogP contribution in [0.5, 0.6) is 0 Å². The molecule has 1 saturated heterocycles. The minimum absolute atomic E-state index is 0.159. The second-order valence-electron chi connectivity index (χ2n) is 5.44. The maximum Gasteiger partial charge on any atom is 0.223 e. The Morgan fingerprint density at radius 3 is 3.06 bits per heavy atom. The van der Waals surface area contributed by atoms with Crippen molar-refractivity contribution in [3.8, 4) is 0 Å². The zero-order valence-corrected chi connectivity index (χ0v) is 11.9. The molecule has 18 heavy (non-hydrogen) atoms. The summed E-state index contributed by atoms with van der Waals surface area (Å²) in [6.45, 7) is 4.69. The lowest BCUT2D eigenvalue weighted by atomic mass is 9.87. The molecule has 1 unspecified atom stereocenters. The van der Waals surface area contributed by atoms with E-state index in [1.165, 1.54) is 4.88 Å². The van der Waals surface area contributed by atoms with Crippen LogP contribution in [0.1, 0.15) is 38.0 Å². The zero-order valence-electron chi connectivity index (χ0n) is 11.1. The number of aliphatic hydroxyl groups is 1. The van der Waals surface area contributed by atoms with Crippen LogP contribution in [-0.2, 0) is 11.2 Å². The first-order chi connectivity index (χ1) is 8.51. The molecule has 0 bridgehead atoms. The molecular weight excluding hydrogens is 246 g/mol. The predicted molar refractivity (Wildman–Crippen MR) is 73.7 cm³/mol. The molecule has 1 fully saturated rings. The average molecular weight is 267 g/mol. The van der Waals surface area contributed by atoms with Crippen LogP contribution < -0.4 is 0 Å². The van der Waals surface area contributed by atoms with Crippen LogP contribution in [0.25, 0.3) is 0 Å². The molecule has 2 heterocycles. The van der Waals surface area contributed by atoms with Gasteiger partial charge >= 0.3 is 0 Å². The minimum atomic E-state index is -0.426. The van der Waals surface area contributed by atoms with Gasteiger partial charge in [0.1, 0.15) is 0 Å². The fourth-order valence-corrected chi connectivity index (χ4v) is 3.24. The van der Waals surface area contributed by atoms with E-state index in [0.29, 0.717) is 6.42 Å². The number of aryl methyl sites for hydroxylation is 1. The van der Waals surface area contributed by atoms with Crippen molar-refractivity contribution in [3.05, 3.63) is 22.4 Å². The van der Waals surface area contributed by atoms with Gasteiger partial charge in [0.15, 0.2) is 0 Å². The molecule has 0 saturated carbocycles. The Morgan fingerprint density at radius 1 is 1.61 bits per heavy atom. The first-order valence-electron chi connectivity index (χ1n) is 6.52. The summed E-state index contributed by atoms with van der Waals surface area (Å²) in [4.78, 5) is 15.4. The zero-order chi connectivity index (χ0) is 13.2. The van der Waals surface area contributed by atoms with E-state index in [1.54, 1.807) is 11.3 Å². The Labute approximate surface area is 112 Å². The first kappa shape index (κ1) is 13.6. The van der Waals surface area contributed by atoms with Crippen molar-refractivity contribution in [3.63, 3.8) is 0 Å². The number of piperidine rings is 1. The molecule has 0 aliphatic carbocycles. The van der Waals surface area contributed by atoms with Crippen LogP contribution in [0, 0.1) is 0 Å². The van der Waals surface area contributed by atoms with Gasteiger partial charge in [-0.15, -0.1) is 11.3 Å². The number of rotatable bonds is 3. The number of likely N-dealkylation sites (tertiary alicyclic amines) is 1. The molecule has 1 aliphatic rings. The fourth-order valence-electron chi connectivity index (χ4n) is 2.53. The van der Waals surface area contributed by atoms with Gasteiger partial charge in [-0.05, 0) is 44.6 Å². The normalized spacial score (nSPS) is 23.1. The number of thiophene rings is 1. The summed E-state index contributed by atoms with van der Waals surface area (Å²) < 4.78 is 0. The lowest BCUT2D eigenvalue weighted by molar-refractivity contribution is -0.145. The van der Waals surface area contributed by atoms with Gasteiger partial charge in [0, 0.05) is 17.8 Å². The van der Waals surface area contributed by atoms with Gasteiger partial charge in [-0.2, -0.15) is 0 Å². The van der Waals surface area contributed by atoms with E-state index in [2.05, 4.69) is 6.07 Å². The average Bonchev–Trinajstić information content (AvgIpc) is 2.82. The van der Waals surface area contributed by atoms with Gasteiger partial charge in [-0.1, -0.05) is 6.07 Å². The van der Waals surface area contributed by atoms with Gasteiger partial charge in [-0.25, -0.2) is 0 Å². The van der Waals surface area contributed by atoms with Crippen LogP contribution in [0.2, 0.25) is 0 Å². The number of nitrogens with zero attached hydrogens (tertiary/aromatic N) is 1. The molecule has 4 heteroatoms. The predicted octanol–water partition coefficient (Wildman–Crippen LogP) is 2.44. The number of amides is 1. The monoisotopic (exact) mass is 267 g/mol. The van der Waals surface area contributed by atoms with E-state index in [4.69, 9.17) is 0 Å². The molecule has 1 aromatic rings. The van der Waals surface area contributed by atoms with Crippen molar-refractivity contribution in [2.24, 2.45) is 0 Å². The Morgan fingerprint density at radius 2 is 2.39 bits per heavy atom. The number of hydrogen-bond donors (Lipinski definition) is 1. The molecule has 1 aromatic heterocycles. The molecule has 1 atom stereocenters. The Balaban J connectivity index is 1.95. The fraction of sp³-hybridized carbons (Fsp3) is 0.643. The maximum absolute atomic E-state index is 12.3. The largest absolute Gasteiger partial charge is 0.391 e. The van der Waals surface area contributed by atoms with Gasteiger partial charge in [0.2, 0.25) is 5.91 Å². The summed E-state index contributed by atoms with van der Waals surface area (Å²) in [6, 6.07) is 4.08. The minimum Gasteiger partial charge on any atom is -0.391 e. The second-order valence-corrected chi connectivity index (χ2v) is 6.47. The molecular formula is C14H21NO2S. The molecule has 1 aliphatic heterocycles. The summed E-state index contributed by atoms with van der Waals surface area (Å²) in [5.74, 6) is 0.159. The lowest BCUT2D eigenvalue weighted by Gasteiger charge is -2.46. The van der Waals surface area contributed by atoms with Crippen molar-refractivity contribution >= 4 is 17.2 Å². The summed E-state index contributed by atoms with van der Waals surface area (Å²) in [5, 5.41) is 12.1. The maximum atomic E-state index is 12.3. The number of hydrogen-bond acceptors (Lipinski definition) is 3. The highest BCUT2D eigenvalue weighted by atomic mass is 32.1. The highest BCUT2D eigenvalue weighted by Gasteiger charge is 2.39. The van der Waals surface area contributed by atoms with E-state index < -0.39 is 11.6 Å². The Kier molecular flexibility index (Phi) is 4.07. The third-order valence-electron chi connectivity index (χ3n) is 3.84. The van der Waals surface area contributed by atoms with Crippen molar-refractivity contribution in [2.75, 3.05) is 6.54 Å². The molecule has 1 N–H and O–H groups in total. The SMILES string of the molecule is CC1(C)C(O)CCCN1C(=O)CCc1cccs1. The van der Waals surface area contributed by atoms with E-state index in [1.807, 2.05) is 30.2 Å². The molecule has 1 amide bonds. The summed E-state index contributed by atoms with van der Waals surface area (Å²) >= 11 is 1.69. The number of carbonyl (C=O) groups excluding carboxylic acids is 1. The Hall–Kier alpha value is -0.870. The quantitative estimate of drug-likeness (QED) is 0.914. The number of carbonyl (C=O) groups is 1. The summed E-state index contributed by atoms with van der Waals surface area (Å²) in [7, 11) is 0. The van der Waals surface area contributed by atoms with Crippen LogP contribution in [0.4, 0.5) is 0 Å². The second kappa shape index (κ2) is 5.41. The van der Waals surface area contributed by atoms with Crippen LogP contribution in [0.3, 0.4) is 0 Å². The van der Waals surface area contributed by atoms with Gasteiger partial charge in [0.25, 0.3) is 0 Å². The van der Waals surface area contributed by atoms with Crippen molar-refractivity contribution < 1.29 is 9.90 Å². The van der Waals surface area contributed by atoms with E-state index >= 15 is 0 Å². The molecule has 100 valence electrons. The van der Waals surface area contributed by atoms with Gasteiger partial charge < -0.3 is 10.0 Å². The Bertz CT molecular complexity index is 400. The van der Waals surface area contributed by atoms with Gasteiger partial charge in [0.05, 0.1) is 11.6 Å². The van der Waals surface area contributed by atoms with E-state index in [0.717, 1.165) is 25.8 Å². The molecule has 0 spiro atoms. The first-order valence-corrected chi connectivity index (χ1v) is 7.40. The highest BCUT2D eigenvalue weighted by molar-refractivity contribution is 7.09. The van der Waals surface area contributed by atoms with Crippen molar-refractivity contribution in [2.45, 2.75) is 51.2 Å². The van der Waals surface area contributed by atoms with Crippen molar-refractivity contribution in [1.82, 2.24) is 4.90 Å². The highest BCUT2D eigenvalue weighted by Crippen LogP contribution is 2.28. The third-order valence-corrected chi connectivity index (χ3v) is 4.77. The molecule has 2 rings (SSSR count). The van der Waals surface area contributed by atoms with E-state index in [-0.39, 0.29) is 5.91 Å². The van der Waals surface area contributed by atoms with Crippen LogP contribution >= 0.6 is 11.3 Å². The smallest absolute Gasteiger partial charge is 0.223 e. The lowest BCUT2D eigenvalue weighted by Crippen LogP contribution is -2.58.